The van der Waals surface area contributed by atoms with Crippen molar-refractivity contribution >= 4 is 17.5 Å². The number of nitrogens with zero attached hydrogens (tertiary/aromatic N) is 2. The molecule has 0 fully saturated rings. The highest BCUT2D eigenvalue weighted by Crippen LogP contribution is 2.28. The van der Waals surface area contributed by atoms with Gasteiger partial charge in [-0.1, -0.05) is 24.3 Å². The van der Waals surface area contributed by atoms with Gasteiger partial charge in [-0.2, -0.15) is 5.26 Å². The van der Waals surface area contributed by atoms with Gasteiger partial charge in [0.05, 0.1) is 17.6 Å². The minimum absolute atomic E-state index is 0.0182. The first-order chi connectivity index (χ1) is 12.1. The molecule has 0 saturated heterocycles. The molecule has 0 aromatic heterocycles. The van der Waals surface area contributed by atoms with Crippen molar-refractivity contribution in [3.8, 4) is 17.6 Å². The topological polar surface area (TPSA) is 102 Å². The Morgan fingerprint density at radius 2 is 2.04 bits per heavy atom. The van der Waals surface area contributed by atoms with Gasteiger partial charge in [-0.15, -0.1) is 0 Å². The lowest BCUT2D eigenvalue weighted by Gasteiger charge is -2.08. The SMILES string of the molecule is COc1cc(/C=C/C(=O)c2ccccc2[N+](=O)[O-])ccc1OCC#N. The first kappa shape index (κ1) is 17.7. The molecule has 7 nitrogen and oxygen atoms in total. The van der Waals surface area contributed by atoms with Crippen LogP contribution in [0.25, 0.3) is 6.08 Å². The number of para-hydroxylation sites is 1. The summed E-state index contributed by atoms with van der Waals surface area (Å²) in [5.41, 5.74) is 0.424. The van der Waals surface area contributed by atoms with Crippen LogP contribution in [0.1, 0.15) is 15.9 Å². The summed E-state index contributed by atoms with van der Waals surface area (Å²) in [4.78, 5) is 22.6. The number of benzene rings is 2. The zero-order chi connectivity index (χ0) is 18.2. The average molecular weight is 338 g/mol. The molecular formula is C18H14N2O5. The quantitative estimate of drug-likeness (QED) is 0.332. The van der Waals surface area contributed by atoms with Crippen molar-refractivity contribution < 1.29 is 19.2 Å². The third-order valence-electron chi connectivity index (χ3n) is 3.27. The summed E-state index contributed by atoms with van der Waals surface area (Å²) in [6, 6.07) is 12.6. The maximum atomic E-state index is 12.2. The van der Waals surface area contributed by atoms with Crippen LogP contribution in [0.15, 0.2) is 48.5 Å². The first-order valence-electron chi connectivity index (χ1n) is 7.20. The Balaban J connectivity index is 2.23. The van der Waals surface area contributed by atoms with Gasteiger partial charge < -0.3 is 9.47 Å². The standard InChI is InChI=1S/C18H14N2O5/c1-24-18-12-13(7-9-17(18)25-11-10-19)6-8-16(21)14-4-2-3-5-15(14)20(22)23/h2-9,12H,11H2,1H3/b8-6+. The fraction of sp³-hybridized carbons (Fsp3) is 0.111. The van der Waals surface area contributed by atoms with E-state index in [9.17, 15) is 14.9 Å². The van der Waals surface area contributed by atoms with E-state index in [1.807, 2.05) is 6.07 Å². The van der Waals surface area contributed by atoms with Crippen LogP contribution in [0.3, 0.4) is 0 Å². The fourth-order valence-electron chi connectivity index (χ4n) is 2.12. The number of ether oxygens (including phenoxy) is 2. The summed E-state index contributed by atoms with van der Waals surface area (Å²) in [6.45, 7) is -0.109. The third kappa shape index (κ3) is 4.42. The Kier molecular flexibility index (Phi) is 5.85. The van der Waals surface area contributed by atoms with E-state index in [4.69, 9.17) is 14.7 Å². The summed E-state index contributed by atoms with van der Waals surface area (Å²) >= 11 is 0. The smallest absolute Gasteiger partial charge is 0.280 e. The molecular weight excluding hydrogens is 324 g/mol. The number of hydrogen-bond donors (Lipinski definition) is 0. The summed E-state index contributed by atoms with van der Waals surface area (Å²) in [7, 11) is 1.46. The normalized spacial score (nSPS) is 10.2. The van der Waals surface area contributed by atoms with Crippen molar-refractivity contribution in [3.05, 3.63) is 69.8 Å². The Morgan fingerprint density at radius 3 is 2.72 bits per heavy atom. The Bertz CT molecular complexity index is 868. The molecule has 0 N–H and O–H groups in total. The van der Waals surface area contributed by atoms with Crippen LogP contribution in [0.5, 0.6) is 11.5 Å². The highest BCUT2D eigenvalue weighted by atomic mass is 16.6. The van der Waals surface area contributed by atoms with Crippen molar-refractivity contribution in [2.45, 2.75) is 0 Å². The summed E-state index contributed by atoms with van der Waals surface area (Å²) < 4.78 is 10.4. The lowest BCUT2D eigenvalue weighted by atomic mass is 10.1. The fourth-order valence-corrected chi connectivity index (χ4v) is 2.12. The maximum absolute atomic E-state index is 12.2. The number of hydrogen-bond acceptors (Lipinski definition) is 6. The average Bonchev–Trinajstić information content (AvgIpc) is 2.64. The molecule has 126 valence electrons. The number of carbonyl (C=O) groups is 1. The van der Waals surface area contributed by atoms with E-state index >= 15 is 0 Å². The molecule has 0 atom stereocenters. The van der Waals surface area contributed by atoms with Crippen LogP contribution in [0, 0.1) is 21.4 Å². The minimum Gasteiger partial charge on any atom is -0.493 e. The van der Waals surface area contributed by atoms with Gasteiger partial charge in [0.25, 0.3) is 5.69 Å². The van der Waals surface area contributed by atoms with Gasteiger partial charge in [-0.05, 0) is 29.8 Å². The van der Waals surface area contributed by atoms with Gasteiger partial charge in [0.1, 0.15) is 6.07 Å². The van der Waals surface area contributed by atoms with E-state index in [0.717, 1.165) is 0 Å². The van der Waals surface area contributed by atoms with Crippen molar-refractivity contribution in [2.75, 3.05) is 13.7 Å². The van der Waals surface area contributed by atoms with E-state index in [1.54, 1.807) is 24.3 Å². The second-order valence-corrected chi connectivity index (χ2v) is 4.83. The van der Waals surface area contributed by atoms with E-state index < -0.39 is 10.7 Å². The second kappa shape index (κ2) is 8.26. The Labute approximate surface area is 143 Å². The molecule has 0 radical (unpaired) electrons. The molecule has 2 aromatic rings. The Morgan fingerprint density at radius 1 is 1.28 bits per heavy atom. The molecule has 2 rings (SSSR count). The molecule has 0 amide bonds. The third-order valence-corrected chi connectivity index (χ3v) is 3.27. The van der Waals surface area contributed by atoms with Crippen LogP contribution in [-0.4, -0.2) is 24.4 Å². The predicted molar refractivity (Wildman–Crippen MR) is 90.6 cm³/mol. The second-order valence-electron chi connectivity index (χ2n) is 4.83. The molecule has 7 heteroatoms. The van der Waals surface area contributed by atoms with Gasteiger partial charge in [-0.3, -0.25) is 14.9 Å². The molecule has 0 aliphatic heterocycles. The van der Waals surface area contributed by atoms with E-state index in [-0.39, 0.29) is 17.9 Å². The highest BCUT2D eigenvalue weighted by molar-refractivity contribution is 6.09. The minimum atomic E-state index is -0.592. The molecule has 2 aromatic carbocycles. The van der Waals surface area contributed by atoms with Crippen molar-refractivity contribution in [3.63, 3.8) is 0 Å². The zero-order valence-corrected chi connectivity index (χ0v) is 13.3. The molecule has 0 spiro atoms. The molecule has 0 bridgehead atoms. The summed E-state index contributed by atoms with van der Waals surface area (Å²) in [6.07, 6.45) is 2.78. The number of allylic oxidation sites excluding steroid dienone is 1. The van der Waals surface area contributed by atoms with Crippen LogP contribution in [-0.2, 0) is 0 Å². The lowest BCUT2D eigenvalue weighted by Crippen LogP contribution is -2.00. The van der Waals surface area contributed by atoms with Gasteiger partial charge in [0, 0.05) is 6.07 Å². The van der Waals surface area contributed by atoms with Gasteiger partial charge in [0.15, 0.2) is 23.9 Å². The first-order valence-corrected chi connectivity index (χ1v) is 7.20. The molecule has 0 aliphatic rings. The number of nitriles is 1. The number of carbonyl (C=O) groups excluding carboxylic acids is 1. The van der Waals surface area contributed by atoms with E-state index in [1.165, 1.54) is 37.5 Å². The molecule has 0 aliphatic carbocycles. The van der Waals surface area contributed by atoms with Crippen LogP contribution < -0.4 is 9.47 Å². The number of methoxy groups -OCH3 is 1. The largest absolute Gasteiger partial charge is 0.493 e. The van der Waals surface area contributed by atoms with Crippen LogP contribution in [0.2, 0.25) is 0 Å². The monoisotopic (exact) mass is 338 g/mol. The van der Waals surface area contributed by atoms with Gasteiger partial charge >= 0.3 is 0 Å². The van der Waals surface area contributed by atoms with Crippen molar-refractivity contribution in [1.82, 2.24) is 0 Å². The Hall–Kier alpha value is -3.66. The number of nitro groups is 1. The van der Waals surface area contributed by atoms with E-state index in [2.05, 4.69) is 0 Å². The lowest BCUT2D eigenvalue weighted by molar-refractivity contribution is -0.385. The van der Waals surface area contributed by atoms with Crippen molar-refractivity contribution in [2.24, 2.45) is 0 Å². The summed E-state index contributed by atoms with van der Waals surface area (Å²) in [5, 5.41) is 19.5. The maximum Gasteiger partial charge on any atom is 0.280 e. The summed E-state index contributed by atoms with van der Waals surface area (Å²) in [5.74, 6) is 0.345. The van der Waals surface area contributed by atoms with Gasteiger partial charge in [0.2, 0.25) is 0 Å². The number of rotatable bonds is 7. The molecule has 0 unspecified atom stereocenters. The van der Waals surface area contributed by atoms with Crippen molar-refractivity contribution in [1.29, 1.82) is 5.26 Å². The highest BCUT2D eigenvalue weighted by Gasteiger charge is 2.17. The number of nitro benzene ring substituents is 1. The number of ketones is 1. The van der Waals surface area contributed by atoms with Gasteiger partial charge in [-0.25, -0.2) is 0 Å². The predicted octanol–water partition coefficient (Wildman–Crippen LogP) is 3.40. The van der Waals surface area contributed by atoms with Crippen LogP contribution >= 0.6 is 0 Å². The zero-order valence-electron chi connectivity index (χ0n) is 13.3. The molecule has 25 heavy (non-hydrogen) atoms. The molecule has 0 saturated carbocycles. The van der Waals surface area contributed by atoms with Crippen LogP contribution in [0.4, 0.5) is 5.69 Å². The molecule has 0 heterocycles. The van der Waals surface area contributed by atoms with E-state index in [0.29, 0.717) is 17.1 Å².